The van der Waals surface area contributed by atoms with Crippen molar-refractivity contribution in [3.05, 3.63) is 59.8 Å². The molecule has 1 aromatic heterocycles. The molecule has 170 valence electrons. The second-order valence-corrected chi connectivity index (χ2v) is 8.39. The second kappa shape index (κ2) is 10.3. The van der Waals surface area contributed by atoms with E-state index in [9.17, 15) is 10.1 Å². The van der Waals surface area contributed by atoms with Crippen molar-refractivity contribution in [1.82, 2.24) is 15.3 Å². The van der Waals surface area contributed by atoms with Crippen molar-refractivity contribution in [2.75, 3.05) is 25.1 Å². The zero-order valence-corrected chi connectivity index (χ0v) is 19.1. The number of nitriles is 1. The molecule has 3 aromatic rings. The maximum Gasteiger partial charge on any atom is 0.244 e. The Morgan fingerprint density at radius 3 is 2.27 bits per heavy atom. The lowest BCUT2D eigenvalue weighted by molar-refractivity contribution is -0.122. The van der Waals surface area contributed by atoms with Gasteiger partial charge in [0.25, 0.3) is 0 Å². The molecule has 33 heavy (non-hydrogen) atoms. The van der Waals surface area contributed by atoms with Crippen LogP contribution in [-0.4, -0.2) is 36.1 Å². The maximum atomic E-state index is 13.3. The highest BCUT2D eigenvalue weighted by Crippen LogP contribution is 2.29. The third-order valence-corrected chi connectivity index (χ3v) is 6.12. The van der Waals surface area contributed by atoms with Gasteiger partial charge in [-0.3, -0.25) is 4.79 Å². The second-order valence-electron chi connectivity index (χ2n) is 8.39. The summed E-state index contributed by atoms with van der Waals surface area (Å²) in [4.78, 5) is 25.1. The zero-order chi connectivity index (χ0) is 23.2. The number of hydrogen-bond acceptors (Lipinski definition) is 6. The summed E-state index contributed by atoms with van der Waals surface area (Å²) >= 11 is 0. The summed E-state index contributed by atoms with van der Waals surface area (Å²) in [5.41, 5.74) is 2.81. The molecule has 2 aromatic carbocycles. The molecule has 0 spiro atoms. The topological polar surface area (TPSA) is 91.1 Å². The number of amides is 1. The summed E-state index contributed by atoms with van der Waals surface area (Å²) in [5.74, 6) is -0.0300. The number of carbonyl (C=O) groups is 1. The van der Waals surface area contributed by atoms with Crippen molar-refractivity contribution in [2.24, 2.45) is 0 Å². The molecule has 0 aliphatic carbocycles. The minimum atomic E-state index is -1.05. The Bertz CT molecular complexity index is 1150. The van der Waals surface area contributed by atoms with Gasteiger partial charge in [0, 0.05) is 13.1 Å². The molecular formula is C26H29N5O2. The summed E-state index contributed by atoms with van der Waals surface area (Å²) in [7, 11) is 1.62. The average molecular weight is 444 g/mol. The molecular weight excluding hydrogens is 414 g/mol. The third kappa shape index (κ3) is 5.06. The number of carbonyl (C=O) groups excluding carboxylic acids is 1. The lowest BCUT2D eigenvalue weighted by Crippen LogP contribution is -2.34. The van der Waals surface area contributed by atoms with Gasteiger partial charge in [0.05, 0.1) is 30.3 Å². The Morgan fingerprint density at radius 2 is 1.67 bits per heavy atom. The van der Waals surface area contributed by atoms with Crippen LogP contribution in [0.4, 0.5) is 5.82 Å². The number of hydrogen-bond donors (Lipinski definition) is 1. The summed E-state index contributed by atoms with van der Waals surface area (Å²) in [6, 6.07) is 17.0. The van der Waals surface area contributed by atoms with Crippen molar-refractivity contribution < 1.29 is 9.53 Å². The lowest BCUT2D eigenvalue weighted by atomic mass is 10.0. The monoisotopic (exact) mass is 443 g/mol. The fourth-order valence-corrected chi connectivity index (χ4v) is 4.23. The minimum absolute atomic E-state index is 0.269. The van der Waals surface area contributed by atoms with Crippen molar-refractivity contribution in [2.45, 2.75) is 44.6 Å². The molecule has 1 saturated heterocycles. The van der Waals surface area contributed by atoms with Gasteiger partial charge in [-0.05, 0) is 49.6 Å². The number of anilines is 1. The smallest absolute Gasteiger partial charge is 0.244 e. The van der Waals surface area contributed by atoms with Crippen LogP contribution >= 0.6 is 0 Å². The number of methoxy groups -OCH3 is 1. The molecule has 7 nitrogen and oxygen atoms in total. The molecule has 2 heterocycles. The number of para-hydroxylation sites is 2. The molecule has 0 radical (unpaired) electrons. The van der Waals surface area contributed by atoms with Gasteiger partial charge in [0.2, 0.25) is 5.91 Å². The number of fused-ring (bicyclic) bond motifs is 1. The Hall–Kier alpha value is -3.66. The zero-order valence-electron chi connectivity index (χ0n) is 19.1. The predicted molar refractivity (Wildman–Crippen MR) is 128 cm³/mol. The molecule has 1 unspecified atom stereocenters. The van der Waals surface area contributed by atoms with Gasteiger partial charge in [-0.15, -0.1) is 0 Å². The highest BCUT2D eigenvalue weighted by molar-refractivity contribution is 5.89. The summed E-state index contributed by atoms with van der Waals surface area (Å²) in [6.45, 7) is 3.60. The number of nitrogens with zero attached hydrogens (tertiary/aromatic N) is 4. The van der Waals surface area contributed by atoms with Crippen LogP contribution in [0.3, 0.4) is 0 Å². The predicted octanol–water partition coefficient (Wildman–Crippen LogP) is 4.50. The quantitative estimate of drug-likeness (QED) is 0.603. The molecule has 1 N–H and O–H groups in total. The van der Waals surface area contributed by atoms with E-state index in [1.807, 2.05) is 55.5 Å². The molecule has 0 saturated carbocycles. The van der Waals surface area contributed by atoms with Crippen molar-refractivity contribution in [1.29, 1.82) is 5.26 Å². The standard InChI is InChI=1S/C26H29N5O2/c1-18(19-11-13-20(33-2)14-12-19)28-26(32)21(17-27)24-25(31-15-7-3-4-8-16-31)30-23-10-6-5-9-22(23)29-24/h5-6,9-14,18,21H,3-4,7-8,15-16H2,1-2H3,(H,28,32)/t18-,21?/m0/s1. The van der Waals surface area contributed by atoms with E-state index in [-0.39, 0.29) is 11.9 Å². The Morgan fingerprint density at radius 1 is 1.03 bits per heavy atom. The first-order valence-corrected chi connectivity index (χ1v) is 11.5. The van der Waals surface area contributed by atoms with E-state index in [1.54, 1.807) is 7.11 Å². The van der Waals surface area contributed by atoms with Gasteiger partial charge in [-0.25, -0.2) is 9.97 Å². The van der Waals surface area contributed by atoms with Crippen LogP contribution in [0.1, 0.15) is 55.8 Å². The van der Waals surface area contributed by atoms with Gasteiger partial charge in [-0.1, -0.05) is 37.1 Å². The molecule has 1 fully saturated rings. The Kier molecular flexibility index (Phi) is 7.04. The van der Waals surface area contributed by atoms with Gasteiger partial charge in [0.1, 0.15) is 11.4 Å². The van der Waals surface area contributed by atoms with Crippen LogP contribution in [0.5, 0.6) is 5.75 Å². The normalized spacial score (nSPS) is 15.8. The summed E-state index contributed by atoms with van der Waals surface area (Å²) in [5, 5.41) is 13.0. The number of nitrogens with one attached hydrogen (secondary N) is 1. The largest absolute Gasteiger partial charge is 0.497 e. The fraction of sp³-hybridized carbons (Fsp3) is 0.385. The Balaban J connectivity index is 1.66. The van der Waals surface area contributed by atoms with E-state index in [4.69, 9.17) is 14.7 Å². The number of rotatable bonds is 6. The van der Waals surface area contributed by atoms with E-state index in [2.05, 4.69) is 16.3 Å². The van der Waals surface area contributed by atoms with Gasteiger partial charge in [-0.2, -0.15) is 5.26 Å². The summed E-state index contributed by atoms with van der Waals surface area (Å²) in [6.07, 6.45) is 4.47. The molecule has 7 heteroatoms. The van der Waals surface area contributed by atoms with E-state index in [0.717, 1.165) is 42.8 Å². The van der Waals surface area contributed by atoms with Gasteiger partial charge >= 0.3 is 0 Å². The number of aromatic nitrogens is 2. The van der Waals surface area contributed by atoms with Crippen LogP contribution in [-0.2, 0) is 4.79 Å². The molecule has 0 bridgehead atoms. The highest BCUT2D eigenvalue weighted by atomic mass is 16.5. The van der Waals surface area contributed by atoms with Crippen LogP contribution in [0.25, 0.3) is 11.0 Å². The first-order valence-electron chi connectivity index (χ1n) is 11.5. The van der Waals surface area contributed by atoms with E-state index >= 15 is 0 Å². The highest BCUT2D eigenvalue weighted by Gasteiger charge is 2.30. The van der Waals surface area contributed by atoms with Gasteiger partial charge in [0.15, 0.2) is 11.7 Å². The van der Waals surface area contributed by atoms with E-state index in [1.165, 1.54) is 12.8 Å². The lowest BCUT2D eigenvalue weighted by Gasteiger charge is -2.25. The fourth-order valence-electron chi connectivity index (χ4n) is 4.23. The molecule has 4 rings (SSSR count). The van der Waals surface area contributed by atoms with Crippen molar-refractivity contribution in [3.8, 4) is 11.8 Å². The average Bonchev–Trinajstić information content (AvgIpc) is 3.13. The molecule has 2 atom stereocenters. The maximum absolute atomic E-state index is 13.3. The third-order valence-electron chi connectivity index (χ3n) is 6.12. The molecule has 1 aliphatic rings. The summed E-state index contributed by atoms with van der Waals surface area (Å²) < 4.78 is 5.21. The van der Waals surface area contributed by atoms with Crippen LogP contribution < -0.4 is 15.0 Å². The van der Waals surface area contributed by atoms with Crippen LogP contribution in [0.15, 0.2) is 48.5 Å². The molecule has 1 aliphatic heterocycles. The molecule has 1 amide bonds. The number of benzene rings is 2. The van der Waals surface area contributed by atoms with E-state index < -0.39 is 5.92 Å². The first kappa shape index (κ1) is 22.5. The SMILES string of the molecule is COc1ccc([C@H](C)NC(=O)C(C#N)c2nc3ccccc3nc2N2CCCCCC2)cc1. The van der Waals surface area contributed by atoms with E-state index in [0.29, 0.717) is 17.0 Å². The minimum Gasteiger partial charge on any atom is -0.497 e. The van der Waals surface area contributed by atoms with Crippen LogP contribution in [0.2, 0.25) is 0 Å². The van der Waals surface area contributed by atoms with Crippen molar-refractivity contribution >= 4 is 22.8 Å². The van der Waals surface area contributed by atoms with Crippen LogP contribution in [0, 0.1) is 11.3 Å². The van der Waals surface area contributed by atoms with Crippen molar-refractivity contribution in [3.63, 3.8) is 0 Å². The Labute approximate surface area is 194 Å². The first-order chi connectivity index (χ1) is 16.1. The number of ether oxygens (including phenoxy) is 1. The van der Waals surface area contributed by atoms with Gasteiger partial charge < -0.3 is 15.0 Å².